The first-order valence-corrected chi connectivity index (χ1v) is 8.04. The van der Waals surface area contributed by atoms with Gasteiger partial charge in [-0.3, -0.25) is 4.79 Å². The minimum absolute atomic E-state index is 0.143. The van der Waals surface area contributed by atoms with E-state index in [2.05, 4.69) is 30.2 Å². The third kappa shape index (κ3) is 4.61. The number of aromatic nitrogens is 4. The molecule has 0 aromatic carbocycles. The molecule has 0 radical (unpaired) electrons. The number of rotatable bonds is 6. The summed E-state index contributed by atoms with van der Waals surface area (Å²) in [6.45, 7) is 2.16. The van der Waals surface area contributed by atoms with Crippen LogP contribution in [0.3, 0.4) is 0 Å². The fourth-order valence-corrected chi connectivity index (χ4v) is 2.49. The van der Waals surface area contributed by atoms with Crippen LogP contribution in [0.25, 0.3) is 0 Å². The maximum atomic E-state index is 11.8. The first kappa shape index (κ1) is 16.1. The topological polar surface area (TPSA) is 93.1 Å². The van der Waals surface area contributed by atoms with Crippen molar-refractivity contribution in [2.45, 2.75) is 25.8 Å². The smallest absolute Gasteiger partial charge is 0.316 e. The maximum Gasteiger partial charge on any atom is 0.316 e. The van der Waals surface area contributed by atoms with Crippen LogP contribution in [-0.4, -0.2) is 45.5 Å². The van der Waals surface area contributed by atoms with Crippen molar-refractivity contribution in [1.82, 2.24) is 25.3 Å². The van der Waals surface area contributed by atoms with Gasteiger partial charge in [-0.25, -0.2) is 19.9 Å². The number of ether oxygens (including phenoxy) is 1. The van der Waals surface area contributed by atoms with Gasteiger partial charge in [0, 0.05) is 31.7 Å². The number of amides is 1. The third-order valence-corrected chi connectivity index (χ3v) is 3.69. The number of piperidine rings is 1. The van der Waals surface area contributed by atoms with Crippen LogP contribution in [-0.2, 0) is 11.3 Å². The second-order valence-electron chi connectivity index (χ2n) is 5.48. The molecule has 0 aliphatic carbocycles. The van der Waals surface area contributed by atoms with Gasteiger partial charge in [0.25, 0.3) is 5.91 Å². The highest BCUT2D eigenvalue weighted by atomic mass is 16.5. The summed E-state index contributed by atoms with van der Waals surface area (Å²) in [6.07, 6.45) is 8.49. The minimum atomic E-state index is -0.269. The Morgan fingerprint density at radius 2 is 1.92 bits per heavy atom. The van der Waals surface area contributed by atoms with Crippen molar-refractivity contribution in [3.05, 3.63) is 36.5 Å². The SMILES string of the molecule is O=C(COc1ncccn1)NCc1nccc(N2CCCCC2)n1. The molecule has 1 fully saturated rings. The number of anilines is 1. The molecule has 8 heteroatoms. The monoisotopic (exact) mass is 328 g/mol. The predicted octanol–water partition coefficient (Wildman–Crippen LogP) is 0.952. The average molecular weight is 328 g/mol. The van der Waals surface area contributed by atoms with Crippen molar-refractivity contribution in [3.63, 3.8) is 0 Å². The summed E-state index contributed by atoms with van der Waals surface area (Å²) < 4.78 is 5.19. The van der Waals surface area contributed by atoms with Gasteiger partial charge >= 0.3 is 6.01 Å². The summed E-state index contributed by atoms with van der Waals surface area (Å²) in [5.74, 6) is 1.24. The molecule has 0 unspecified atom stereocenters. The van der Waals surface area contributed by atoms with Gasteiger partial charge in [-0.2, -0.15) is 0 Å². The fourth-order valence-electron chi connectivity index (χ4n) is 2.49. The van der Waals surface area contributed by atoms with Crippen LogP contribution in [0.4, 0.5) is 5.82 Å². The zero-order chi connectivity index (χ0) is 16.6. The second-order valence-corrected chi connectivity index (χ2v) is 5.48. The van der Waals surface area contributed by atoms with Crippen LogP contribution in [0.2, 0.25) is 0 Å². The summed E-state index contributed by atoms with van der Waals surface area (Å²) in [5.41, 5.74) is 0. The quantitative estimate of drug-likeness (QED) is 0.844. The normalized spacial score (nSPS) is 14.2. The number of hydrogen-bond acceptors (Lipinski definition) is 7. The predicted molar refractivity (Wildman–Crippen MR) is 87.5 cm³/mol. The molecule has 1 aliphatic rings. The summed E-state index contributed by atoms with van der Waals surface area (Å²) in [6, 6.07) is 3.77. The van der Waals surface area contributed by atoms with Crippen LogP contribution in [0.1, 0.15) is 25.1 Å². The summed E-state index contributed by atoms with van der Waals surface area (Å²) in [5, 5.41) is 2.74. The lowest BCUT2D eigenvalue weighted by atomic mass is 10.1. The van der Waals surface area contributed by atoms with Crippen LogP contribution < -0.4 is 15.0 Å². The highest BCUT2D eigenvalue weighted by Crippen LogP contribution is 2.16. The van der Waals surface area contributed by atoms with E-state index in [0.717, 1.165) is 18.9 Å². The highest BCUT2D eigenvalue weighted by molar-refractivity contribution is 5.77. The molecule has 3 rings (SSSR count). The number of nitrogens with one attached hydrogen (secondary N) is 1. The van der Waals surface area contributed by atoms with Gasteiger partial charge in [0.05, 0.1) is 6.54 Å². The van der Waals surface area contributed by atoms with Crippen LogP contribution in [0, 0.1) is 0 Å². The van der Waals surface area contributed by atoms with E-state index in [1.54, 1.807) is 24.7 Å². The van der Waals surface area contributed by atoms with E-state index in [-0.39, 0.29) is 25.1 Å². The molecule has 8 nitrogen and oxygen atoms in total. The van der Waals surface area contributed by atoms with Crippen molar-refractivity contribution in [3.8, 4) is 6.01 Å². The molecule has 1 saturated heterocycles. The molecule has 3 heterocycles. The number of carbonyl (C=O) groups is 1. The zero-order valence-electron chi connectivity index (χ0n) is 13.4. The molecule has 24 heavy (non-hydrogen) atoms. The molecular weight excluding hydrogens is 308 g/mol. The highest BCUT2D eigenvalue weighted by Gasteiger charge is 2.13. The molecule has 0 atom stereocenters. The van der Waals surface area contributed by atoms with E-state index in [4.69, 9.17) is 4.74 Å². The van der Waals surface area contributed by atoms with Gasteiger partial charge in [0.15, 0.2) is 6.61 Å². The van der Waals surface area contributed by atoms with Crippen molar-refractivity contribution >= 4 is 11.7 Å². The Labute approximate surface area is 140 Å². The number of nitrogens with zero attached hydrogens (tertiary/aromatic N) is 5. The first-order valence-electron chi connectivity index (χ1n) is 8.04. The molecule has 1 amide bonds. The van der Waals surface area contributed by atoms with Crippen molar-refractivity contribution in [1.29, 1.82) is 0 Å². The Morgan fingerprint density at radius 3 is 2.71 bits per heavy atom. The number of carbonyl (C=O) groups excluding carboxylic acids is 1. The van der Waals surface area contributed by atoms with E-state index in [9.17, 15) is 4.79 Å². The summed E-state index contributed by atoms with van der Waals surface area (Å²) >= 11 is 0. The fraction of sp³-hybridized carbons (Fsp3) is 0.438. The van der Waals surface area contributed by atoms with Gasteiger partial charge in [0.1, 0.15) is 11.6 Å². The van der Waals surface area contributed by atoms with Crippen LogP contribution >= 0.6 is 0 Å². The van der Waals surface area contributed by atoms with Gasteiger partial charge in [-0.05, 0) is 31.4 Å². The van der Waals surface area contributed by atoms with Crippen LogP contribution in [0.5, 0.6) is 6.01 Å². The van der Waals surface area contributed by atoms with Crippen molar-refractivity contribution in [2.75, 3.05) is 24.6 Å². The maximum absolute atomic E-state index is 11.8. The molecule has 2 aromatic rings. The zero-order valence-corrected chi connectivity index (χ0v) is 13.4. The molecule has 126 valence electrons. The molecule has 0 spiro atoms. The number of hydrogen-bond donors (Lipinski definition) is 1. The molecule has 0 saturated carbocycles. The van der Waals surface area contributed by atoms with Gasteiger partial charge in [0.2, 0.25) is 0 Å². The van der Waals surface area contributed by atoms with E-state index < -0.39 is 0 Å². The van der Waals surface area contributed by atoms with Crippen molar-refractivity contribution < 1.29 is 9.53 Å². The Kier molecular flexibility index (Phi) is 5.49. The Bertz CT molecular complexity index is 661. The van der Waals surface area contributed by atoms with E-state index >= 15 is 0 Å². The minimum Gasteiger partial charge on any atom is -0.453 e. The summed E-state index contributed by atoms with van der Waals surface area (Å²) in [4.78, 5) is 30.6. The summed E-state index contributed by atoms with van der Waals surface area (Å²) in [7, 11) is 0. The Balaban J connectivity index is 1.48. The first-order chi connectivity index (χ1) is 11.8. The van der Waals surface area contributed by atoms with E-state index in [1.165, 1.54) is 19.3 Å². The lowest BCUT2D eigenvalue weighted by Gasteiger charge is -2.27. The standard InChI is InChI=1S/C16H20N6O2/c23-15(12-24-16-18-6-4-7-19-16)20-11-13-17-8-5-14(21-13)22-9-2-1-3-10-22/h4-8H,1-3,9-12H2,(H,20,23). The Morgan fingerprint density at radius 1 is 1.12 bits per heavy atom. The average Bonchev–Trinajstić information content (AvgIpc) is 2.66. The van der Waals surface area contributed by atoms with E-state index in [1.807, 2.05) is 6.07 Å². The molecule has 2 aromatic heterocycles. The van der Waals surface area contributed by atoms with E-state index in [0.29, 0.717) is 5.82 Å². The van der Waals surface area contributed by atoms with Crippen molar-refractivity contribution in [2.24, 2.45) is 0 Å². The molecule has 1 N–H and O–H groups in total. The molecule has 1 aliphatic heterocycles. The Hall–Kier alpha value is -2.77. The third-order valence-electron chi connectivity index (χ3n) is 3.69. The second kappa shape index (κ2) is 8.19. The lowest BCUT2D eigenvalue weighted by Crippen LogP contribution is -2.32. The lowest BCUT2D eigenvalue weighted by molar-refractivity contribution is -0.123. The molecule has 0 bridgehead atoms. The van der Waals surface area contributed by atoms with Crippen LogP contribution in [0.15, 0.2) is 30.7 Å². The van der Waals surface area contributed by atoms with Gasteiger partial charge < -0.3 is 15.0 Å². The largest absolute Gasteiger partial charge is 0.453 e. The molecular formula is C16H20N6O2. The van der Waals surface area contributed by atoms with Gasteiger partial charge in [-0.15, -0.1) is 0 Å². The van der Waals surface area contributed by atoms with Gasteiger partial charge in [-0.1, -0.05) is 0 Å².